The summed E-state index contributed by atoms with van der Waals surface area (Å²) in [7, 11) is 0. The lowest BCUT2D eigenvalue weighted by Gasteiger charge is -2.31. The van der Waals surface area contributed by atoms with Gasteiger partial charge in [0.1, 0.15) is 5.01 Å². The van der Waals surface area contributed by atoms with Gasteiger partial charge in [0.25, 0.3) is 0 Å². The van der Waals surface area contributed by atoms with Crippen molar-refractivity contribution in [2.75, 3.05) is 13.1 Å². The second kappa shape index (κ2) is 6.01. The molecule has 1 aromatic rings. The number of amides is 2. The minimum atomic E-state index is -0.828. The molecule has 6 nitrogen and oxygen atoms in total. The van der Waals surface area contributed by atoms with Crippen LogP contribution in [0.5, 0.6) is 0 Å². The van der Waals surface area contributed by atoms with Crippen LogP contribution in [0.3, 0.4) is 0 Å². The summed E-state index contributed by atoms with van der Waals surface area (Å²) in [4.78, 5) is 28.8. The lowest BCUT2D eigenvalue weighted by molar-refractivity contribution is -0.143. The highest BCUT2D eigenvalue weighted by Crippen LogP contribution is 2.19. The van der Waals surface area contributed by atoms with Crippen LogP contribution in [-0.2, 0) is 4.79 Å². The Hall–Kier alpha value is -1.63. The Morgan fingerprint density at radius 2 is 2.42 bits per heavy atom. The summed E-state index contributed by atoms with van der Waals surface area (Å²) < 4.78 is 0. The molecule has 0 saturated carbocycles. The lowest BCUT2D eigenvalue weighted by atomic mass is 9.99. The number of hydrogen-bond donors (Lipinski definition) is 2. The Labute approximate surface area is 115 Å². The number of aliphatic carboxylic acids is 1. The van der Waals surface area contributed by atoms with Crippen LogP contribution >= 0.6 is 11.3 Å². The van der Waals surface area contributed by atoms with Gasteiger partial charge in [0.05, 0.1) is 12.0 Å². The minimum absolute atomic E-state index is 0.155. The van der Waals surface area contributed by atoms with Crippen LogP contribution in [0.25, 0.3) is 0 Å². The van der Waals surface area contributed by atoms with E-state index < -0.39 is 11.9 Å². The fourth-order valence-electron chi connectivity index (χ4n) is 2.15. The van der Waals surface area contributed by atoms with Crippen molar-refractivity contribution in [3.8, 4) is 0 Å². The first-order valence-electron chi connectivity index (χ1n) is 6.25. The Balaban J connectivity index is 1.91. The fourth-order valence-corrected chi connectivity index (χ4v) is 2.80. The number of piperidine rings is 1. The molecule has 104 valence electrons. The molecule has 1 saturated heterocycles. The predicted molar refractivity (Wildman–Crippen MR) is 71.0 cm³/mol. The van der Waals surface area contributed by atoms with Gasteiger partial charge in [-0.25, -0.2) is 9.78 Å². The molecule has 2 atom stereocenters. The summed E-state index contributed by atoms with van der Waals surface area (Å²) in [5.74, 6) is -1.28. The maximum absolute atomic E-state index is 12.1. The number of carboxylic acids is 1. The molecule has 2 rings (SSSR count). The minimum Gasteiger partial charge on any atom is -0.481 e. The van der Waals surface area contributed by atoms with E-state index in [-0.39, 0.29) is 18.6 Å². The number of rotatable bonds is 3. The van der Waals surface area contributed by atoms with Crippen molar-refractivity contribution in [3.63, 3.8) is 0 Å². The van der Waals surface area contributed by atoms with Crippen LogP contribution in [0, 0.1) is 5.92 Å². The molecule has 1 aliphatic rings. The zero-order chi connectivity index (χ0) is 13.8. The molecule has 19 heavy (non-hydrogen) atoms. The van der Waals surface area contributed by atoms with Gasteiger partial charge in [0.15, 0.2) is 0 Å². The van der Waals surface area contributed by atoms with Crippen LogP contribution < -0.4 is 5.32 Å². The molecule has 7 heteroatoms. The number of carbonyl (C=O) groups is 2. The van der Waals surface area contributed by atoms with Gasteiger partial charge < -0.3 is 15.3 Å². The number of nitrogens with zero attached hydrogens (tertiary/aromatic N) is 2. The Bertz CT molecular complexity index is 449. The molecule has 2 heterocycles. The molecule has 2 amide bonds. The van der Waals surface area contributed by atoms with Crippen molar-refractivity contribution < 1.29 is 14.7 Å². The molecule has 2 N–H and O–H groups in total. The van der Waals surface area contributed by atoms with Crippen LogP contribution in [0.15, 0.2) is 11.6 Å². The summed E-state index contributed by atoms with van der Waals surface area (Å²) in [5.41, 5.74) is 0. The molecule has 0 aliphatic carbocycles. The number of urea groups is 1. The molecular formula is C12H17N3O3S. The second-order valence-corrected chi connectivity index (χ2v) is 5.59. The topological polar surface area (TPSA) is 82.5 Å². The molecule has 1 aliphatic heterocycles. The molecule has 1 fully saturated rings. The summed E-state index contributed by atoms with van der Waals surface area (Å²) in [6, 6.07) is -0.369. The number of likely N-dealkylation sites (tertiary alicyclic amines) is 1. The normalized spacial score (nSPS) is 20.9. The smallest absolute Gasteiger partial charge is 0.317 e. The summed E-state index contributed by atoms with van der Waals surface area (Å²) in [5, 5.41) is 14.6. The van der Waals surface area contributed by atoms with E-state index in [2.05, 4.69) is 10.3 Å². The first-order chi connectivity index (χ1) is 9.08. The third-order valence-electron chi connectivity index (χ3n) is 3.22. The number of carbonyl (C=O) groups excluding carboxylic acids is 1. The first-order valence-corrected chi connectivity index (χ1v) is 7.13. The molecule has 0 radical (unpaired) electrons. The molecular weight excluding hydrogens is 266 g/mol. The van der Waals surface area contributed by atoms with E-state index in [1.807, 2.05) is 12.3 Å². The van der Waals surface area contributed by atoms with Crippen LogP contribution in [0.4, 0.5) is 4.79 Å². The van der Waals surface area contributed by atoms with Crippen molar-refractivity contribution in [2.24, 2.45) is 5.92 Å². The van der Waals surface area contributed by atoms with Crippen LogP contribution in [0.1, 0.15) is 30.8 Å². The number of hydrogen-bond acceptors (Lipinski definition) is 4. The Kier molecular flexibility index (Phi) is 4.36. The van der Waals surface area contributed by atoms with Crippen molar-refractivity contribution in [1.82, 2.24) is 15.2 Å². The maximum atomic E-state index is 12.1. The summed E-state index contributed by atoms with van der Waals surface area (Å²) in [6.45, 7) is 2.77. The maximum Gasteiger partial charge on any atom is 0.317 e. The van der Waals surface area contributed by atoms with Crippen molar-refractivity contribution in [2.45, 2.75) is 25.8 Å². The predicted octanol–water partition coefficient (Wildman–Crippen LogP) is 1.71. The monoisotopic (exact) mass is 283 g/mol. The van der Waals surface area contributed by atoms with E-state index in [9.17, 15) is 9.59 Å². The average molecular weight is 283 g/mol. The van der Waals surface area contributed by atoms with E-state index >= 15 is 0 Å². The third-order valence-corrected chi connectivity index (χ3v) is 4.18. The zero-order valence-corrected chi connectivity index (χ0v) is 11.5. The SMILES string of the molecule is CC(NC(=O)N1CCCC(C(=O)O)C1)c1nccs1. The number of nitrogens with one attached hydrogen (secondary N) is 1. The highest BCUT2D eigenvalue weighted by atomic mass is 32.1. The van der Waals surface area contributed by atoms with Crippen molar-refractivity contribution >= 4 is 23.3 Å². The standard InChI is InChI=1S/C12H17N3O3S/c1-8(10-13-4-6-19-10)14-12(18)15-5-2-3-9(7-15)11(16)17/h4,6,8-9H,2-3,5,7H2,1H3,(H,14,18)(H,16,17). The number of aromatic nitrogens is 1. The summed E-state index contributed by atoms with van der Waals surface area (Å²) in [6.07, 6.45) is 3.07. The molecule has 0 aromatic carbocycles. The van der Waals surface area contributed by atoms with Crippen molar-refractivity contribution in [3.05, 3.63) is 16.6 Å². The Morgan fingerprint density at radius 3 is 3.05 bits per heavy atom. The Morgan fingerprint density at radius 1 is 1.63 bits per heavy atom. The highest BCUT2D eigenvalue weighted by Gasteiger charge is 2.28. The van der Waals surface area contributed by atoms with Gasteiger partial charge in [-0.1, -0.05) is 0 Å². The molecule has 1 aromatic heterocycles. The third kappa shape index (κ3) is 3.44. The largest absolute Gasteiger partial charge is 0.481 e. The highest BCUT2D eigenvalue weighted by molar-refractivity contribution is 7.09. The average Bonchev–Trinajstić information content (AvgIpc) is 2.92. The first kappa shape index (κ1) is 13.8. The second-order valence-electron chi connectivity index (χ2n) is 4.66. The quantitative estimate of drug-likeness (QED) is 0.884. The molecule has 0 spiro atoms. The molecule has 2 unspecified atom stereocenters. The number of carboxylic acid groups (broad SMARTS) is 1. The van der Waals surface area contributed by atoms with Crippen molar-refractivity contribution in [1.29, 1.82) is 0 Å². The van der Waals surface area contributed by atoms with Gasteiger partial charge in [0.2, 0.25) is 0 Å². The summed E-state index contributed by atoms with van der Waals surface area (Å²) >= 11 is 1.49. The van der Waals surface area contributed by atoms with E-state index in [1.54, 1.807) is 11.1 Å². The van der Waals surface area contributed by atoms with E-state index in [0.29, 0.717) is 13.0 Å². The van der Waals surface area contributed by atoms with Gasteiger partial charge in [-0.05, 0) is 19.8 Å². The molecule has 0 bridgehead atoms. The lowest BCUT2D eigenvalue weighted by Crippen LogP contribution is -2.47. The van der Waals surface area contributed by atoms with Crippen LogP contribution in [0.2, 0.25) is 0 Å². The van der Waals surface area contributed by atoms with Gasteiger partial charge in [-0.3, -0.25) is 4.79 Å². The fraction of sp³-hybridized carbons (Fsp3) is 0.583. The van der Waals surface area contributed by atoms with E-state index in [1.165, 1.54) is 11.3 Å². The number of thiazole rings is 1. The zero-order valence-electron chi connectivity index (χ0n) is 10.7. The van der Waals surface area contributed by atoms with Crippen LogP contribution in [-0.4, -0.2) is 40.1 Å². The van der Waals surface area contributed by atoms with E-state index in [0.717, 1.165) is 11.4 Å². The van der Waals surface area contributed by atoms with Gasteiger partial charge in [-0.2, -0.15) is 0 Å². The van der Waals surface area contributed by atoms with Gasteiger partial charge in [0, 0.05) is 24.7 Å². The van der Waals surface area contributed by atoms with Gasteiger partial charge in [-0.15, -0.1) is 11.3 Å². The van der Waals surface area contributed by atoms with Gasteiger partial charge >= 0.3 is 12.0 Å². The van der Waals surface area contributed by atoms with E-state index in [4.69, 9.17) is 5.11 Å².